The average molecular weight is 639 g/mol. The molecule has 3 heterocycles. The van der Waals surface area contributed by atoms with Gasteiger partial charge in [-0.15, -0.1) is 0 Å². The van der Waals surface area contributed by atoms with E-state index in [1.807, 2.05) is 55.1 Å². The number of ketones is 1. The van der Waals surface area contributed by atoms with Crippen molar-refractivity contribution in [1.82, 2.24) is 25.4 Å². The summed E-state index contributed by atoms with van der Waals surface area (Å²) in [5, 5.41) is 34.8. The zero-order valence-corrected chi connectivity index (χ0v) is 27.4. The van der Waals surface area contributed by atoms with Gasteiger partial charge in [0.05, 0.1) is 12.2 Å². The number of hydrogen-bond donors (Lipinski definition) is 6. The highest BCUT2D eigenvalue weighted by molar-refractivity contribution is 5.99. The van der Waals surface area contributed by atoms with Crippen molar-refractivity contribution in [3.05, 3.63) is 100.0 Å². The summed E-state index contributed by atoms with van der Waals surface area (Å²) in [5.74, 6) is 1.34. The Morgan fingerprint density at radius 3 is 2.38 bits per heavy atom. The quantitative estimate of drug-likeness (QED) is 0.0944. The summed E-state index contributed by atoms with van der Waals surface area (Å²) in [4.78, 5) is 38.1. The number of carbonyl (C=O) groups is 3. The lowest BCUT2D eigenvalue weighted by Crippen LogP contribution is -2.34. The van der Waals surface area contributed by atoms with E-state index in [-0.39, 0.29) is 23.2 Å². The van der Waals surface area contributed by atoms with Crippen molar-refractivity contribution < 1.29 is 24.6 Å². The standard InChI is InChI=1S/C14H16N4O.C12H13NO2.C10H13NO2/c1-10(19)18-8-7-13-12(9-18)14(17-16-13)15-11-5-3-2-4-6-11;1-13-7-9-10(14)6-5-8-3-2-4-11(15)12(8)9;1-4-8-9(5-12)11-6(2)10(8)7(3)13/h2-6H,7-9H2,1H3,(H2,15,16,17);2-6,13-15H,7H2,1H3;5,11H,4H2,1-3H3. The first-order chi connectivity index (χ1) is 22.6. The van der Waals surface area contributed by atoms with Crippen molar-refractivity contribution in [2.75, 3.05) is 18.9 Å². The molecule has 3 aromatic carbocycles. The maximum atomic E-state index is 11.5. The van der Waals surface area contributed by atoms with Crippen LogP contribution in [0.1, 0.15) is 69.7 Å². The van der Waals surface area contributed by atoms with Gasteiger partial charge in [0.15, 0.2) is 17.9 Å². The summed E-state index contributed by atoms with van der Waals surface area (Å²) in [6, 6.07) is 18.7. The van der Waals surface area contributed by atoms with Crippen LogP contribution in [0.25, 0.3) is 10.8 Å². The molecule has 0 fully saturated rings. The van der Waals surface area contributed by atoms with E-state index in [9.17, 15) is 24.6 Å². The third-order valence-electron chi connectivity index (χ3n) is 8.02. The molecule has 1 amide bonds. The normalized spacial score (nSPS) is 11.9. The lowest BCUT2D eigenvalue weighted by molar-refractivity contribution is -0.129. The number of anilines is 2. The molecule has 47 heavy (non-hydrogen) atoms. The maximum absolute atomic E-state index is 11.5. The van der Waals surface area contributed by atoms with Crippen LogP contribution in [-0.2, 0) is 30.7 Å². The number of phenolic OH excluding ortho intramolecular Hbond substituents is 2. The lowest BCUT2D eigenvalue weighted by Gasteiger charge is -2.25. The maximum Gasteiger partial charge on any atom is 0.219 e. The van der Waals surface area contributed by atoms with Crippen molar-refractivity contribution in [1.29, 1.82) is 0 Å². The summed E-state index contributed by atoms with van der Waals surface area (Å²) in [6.45, 7) is 8.77. The minimum atomic E-state index is 0.0127. The van der Waals surface area contributed by atoms with Gasteiger partial charge in [0.2, 0.25) is 5.91 Å². The van der Waals surface area contributed by atoms with E-state index < -0.39 is 0 Å². The van der Waals surface area contributed by atoms with Gasteiger partial charge < -0.3 is 30.7 Å². The molecule has 11 heteroatoms. The number of Topliss-reactive ketones (excluding diaryl/α,β-unsaturated/α-hetero) is 1. The fraction of sp³-hybridized carbons (Fsp3) is 0.278. The SMILES string of the molecule is CC(=O)N1CCc2[nH]nc(Nc3ccccc3)c2C1.CCc1c(C=O)[nH]c(C)c1C(C)=O.CNCc1c(O)ccc2cccc(O)c12. The summed E-state index contributed by atoms with van der Waals surface area (Å²) < 4.78 is 0. The van der Waals surface area contributed by atoms with Crippen LogP contribution in [0.15, 0.2) is 60.7 Å². The Morgan fingerprint density at radius 1 is 1.00 bits per heavy atom. The summed E-state index contributed by atoms with van der Waals surface area (Å²) in [6.07, 6.45) is 2.30. The number of amides is 1. The third kappa shape index (κ3) is 8.06. The van der Waals surface area contributed by atoms with Gasteiger partial charge in [0.25, 0.3) is 0 Å². The van der Waals surface area contributed by atoms with Crippen LogP contribution in [0.4, 0.5) is 11.5 Å². The molecule has 6 N–H and O–H groups in total. The molecule has 0 unspecified atom stereocenters. The molecule has 246 valence electrons. The van der Waals surface area contributed by atoms with Crippen LogP contribution < -0.4 is 10.6 Å². The predicted molar refractivity (Wildman–Crippen MR) is 183 cm³/mol. The van der Waals surface area contributed by atoms with Crippen molar-refractivity contribution in [2.24, 2.45) is 0 Å². The fourth-order valence-electron chi connectivity index (χ4n) is 5.75. The highest BCUT2D eigenvalue weighted by atomic mass is 16.3. The molecule has 0 saturated carbocycles. The van der Waals surface area contributed by atoms with Crippen molar-refractivity contribution in [3.8, 4) is 11.5 Å². The van der Waals surface area contributed by atoms with E-state index >= 15 is 0 Å². The lowest BCUT2D eigenvalue weighted by atomic mass is 10.0. The number of nitrogens with one attached hydrogen (secondary N) is 4. The molecule has 0 radical (unpaired) electrons. The Bertz CT molecular complexity index is 1860. The van der Waals surface area contributed by atoms with Crippen molar-refractivity contribution in [2.45, 2.75) is 53.6 Å². The van der Waals surface area contributed by atoms with Crippen LogP contribution in [0.5, 0.6) is 11.5 Å². The number of phenols is 2. The number of aryl methyl sites for hydroxylation is 1. The second kappa shape index (κ2) is 15.7. The molecule has 11 nitrogen and oxygen atoms in total. The van der Waals surface area contributed by atoms with Gasteiger partial charge >= 0.3 is 0 Å². The zero-order chi connectivity index (χ0) is 34.1. The molecule has 6 rings (SSSR count). The fourth-order valence-corrected chi connectivity index (χ4v) is 5.75. The molecule has 2 aromatic heterocycles. The van der Waals surface area contributed by atoms with E-state index in [4.69, 9.17) is 0 Å². The van der Waals surface area contributed by atoms with E-state index in [1.165, 1.54) is 6.92 Å². The highest BCUT2D eigenvalue weighted by Gasteiger charge is 2.23. The molecular formula is C36H42N6O5. The largest absolute Gasteiger partial charge is 0.508 e. The van der Waals surface area contributed by atoms with Crippen LogP contribution in [-0.4, -0.2) is 61.9 Å². The number of H-pyrrole nitrogens is 2. The molecule has 0 bridgehead atoms. The number of carbonyl (C=O) groups excluding carboxylic acids is 3. The van der Waals surface area contributed by atoms with Gasteiger partial charge in [-0.1, -0.05) is 43.3 Å². The Labute approximate surface area is 274 Å². The number of fused-ring (bicyclic) bond motifs is 2. The number of para-hydroxylation sites is 1. The van der Waals surface area contributed by atoms with Gasteiger partial charge in [0, 0.05) is 65.6 Å². The molecular weight excluding hydrogens is 596 g/mol. The van der Waals surface area contributed by atoms with Gasteiger partial charge in [-0.05, 0) is 62.5 Å². The van der Waals surface area contributed by atoms with Gasteiger partial charge in [-0.2, -0.15) is 5.10 Å². The molecule has 1 aliphatic heterocycles. The number of aromatic nitrogens is 3. The highest BCUT2D eigenvalue weighted by Crippen LogP contribution is 2.33. The second-order valence-electron chi connectivity index (χ2n) is 11.2. The minimum absolute atomic E-state index is 0.0127. The zero-order valence-electron chi connectivity index (χ0n) is 27.4. The number of aldehydes is 1. The van der Waals surface area contributed by atoms with Crippen LogP contribution in [0, 0.1) is 6.92 Å². The number of aromatic amines is 2. The number of rotatable bonds is 7. The van der Waals surface area contributed by atoms with Gasteiger partial charge in [0.1, 0.15) is 11.5 Å². The first-order valence-corrected chi connectivity index (χ1v) is 15.5. The summed E-state index contributed by atoms with van der Waals surface area (Å²) in [5.41, 5.74) is 6.76. The number of nitrogens with zero attached hydrogens (tertiary/aromatic N) is 2. The van der Waals surface area contributed by atoms with Gasteiger partial charge in [-0.3, -0.25) is 19.5 Å². The summed E-state index contributed by atoms with van der Waals surface area (Å²) >= 11 is 0. The molecule has 0 spiro atoms. The average Bonchev–Trinajstić information content (AvgIpc) is 3.62. The Morgan fingerprint density at radius 2 is 1.74 bits per heavy atom. The monoisotopic (exact) mass is 638 g/mol. The van der Waals surface area contributed by atoms with Crippen LogP contribution in [0.2, 0.25) is 0 Å². The topological polar surface area (TPSA) is 163 Å². The Balaban J connectivity index is 0.000000163. The first kappa shape index (κ1) is 34.5. The van der Waals surface area contributed by atoms with Crippen molar-refractivity contribution >= 4 is 40.3 Å². The molecule has 0 atom stereocenters. The number of benzene rings is 3. The van der Waals surface area contributed by atoms with Crippen LogP contribution in [0.3, 0.4) is 0 Å². The third-order valence-corrected chi connectivity index (χ3v) is 8.02. The Hall–Kier alpha value is -5.42. The predicted octanol–water partition coefficient (Wildman–Crippen LogP) is 5.93. The first-order valence-electron chi connectivity index (χ1n) is 15.5. The van der Waals surface area contributed by atoms with E-state index in [0.29, 0.717) is 36.2 Å². The number of hydrogen-bond acceptors (Lipinski definition) is 8. The molecule has 5 aromatic rings. The molecule has 1 aliphatic rings. The minimum Gasteiger partial charge on any atom is -0.508 e. The van der Waals surface area contributed by atoms with Gasteiger partial charge in [-0.25, -0.2) is 0 Å². The van der Waals surface area contributed by atoms with Crippen LogP contribution >= 0.6 is 0 Å². The number of aromatic hydroxyl groups is 2. The van der Waals surface area contributed by atoms with E-state index in [2.05, 4.69) is 25.8 Å². The molecule has 0 saturated heterocycles. The second-order valence-corrected chi connectivity index (χ2v) is 11.2. The van der Waals surface area contributed by atoms with E-state index in [0.717, 1.165) is 64.2 Å². The van der Waals surface area contributed by atoms with E-state index in [1.54, 1.807) is 38.2 Å². The summed E-state index contributed by atoms with van der Waals surface area (Å²) in [7, 11) is 1.80. The smallest absolute Gasteiger partial charge is 0.219 e. The Kier molecular flexibility index (Phi) is 11.5. The van der Waals surface area contributed by atoms with Crippen molar-refractivity contribution in [3.63, 3.8) is 0 Å². The molecule has 0 aliphatic carbocycles.